The number of halogens is 1. The zero-order valence-corrected chi connectivity index (χ0v) is 16.6. The Morgan fingerprint density at radius 1 is 1.19 bits per heavy atom. The molecule has 4 rings (SSSR count). The maximum atomic E-state index is 12.9. The van der Waals surface area contributed by atoms with Gasteiger partial charge >= 0.3 is 0 Å². The van der Waals surface area contributed by atoms with E-state index in [9.17, 15) is 4.79 Å². The largest absolute Gasteiger partial charge is 0.327 e. The van der Waals surface area contributed by atoms with E-state index in [4.69, 9.17) is 5.73 Å². The molecule has 26 heavy (non-hydrogen) atoms. The van der Waals surface area contributed by atoms with Crippen molar-refractivity contribution in [1.82, 2.24) is 4.98 Å². The summed E-state index contributed by atoms with van der Waals surface area (Å²) in [6.07, 6.45) is 5.49. The predicted molar refractivity (Wildman–Crippen MR) is 110 cm³/mol. The van der Waals surface area contributed by atoms with Gasteiger partial charge in [0.25, 0.3) is 0 Å². The number of aromatic nitrogens is 1. The van der Waals surface area contributed by atoms with Crippen LogP contribution in [0.1, 0.15) is 37.1 Å². The van der Waals surface area contributed by atoms with E-state index in [0.29, 0.717) is 17.9 Å². The summed E-state index contributed by atoms with van der Waals surface area (Å²) in [5.74, 6) is 1.26. The molecule has 3 N–H and O–H groups in total. The van der Waals surface area contributed by atoms with Gasteiger partial charge in [0.2, 0.25) is 5.91 Å². The third-order valence-electron chi connectivity index (χ3n) is 5.80. The molecule has 1 heterocycles. The molecule has 0 spiro atoms. The fraction of sp³-hybridized carbons (Fsp3) is 0.500. The van der Waals surface area contributed by atoms with E-state index in [1.165, 1.54) is 19.3 Å². The van der Waals surface area contributed by atoms with Gasteiger partial charge in [-0.15, -0.1) is 23.7 Å². The Labute approximate surface area is 165 Å². The van der Waals surface area contributed by atoms with Crippen molar-refractivity contribution in [3.05, 3.63) is 35.3 Å². The topological polar surface area (TPSA) is 68.0 Å². The number of aryl methyl sites for hydroxylation is 1. The minimum absolute atomic E-state index is 0. The Kier molecular flexibility index (Phi) is 6.00. The molecule has 2 aromatic rings. The minimum atomic E-state index is 0. The highest BCUT2D eigenvalue weighted by Gasteiger charge is 2.40. The molecule has 0 saturated heterocycles. The molecule has 0 radical (unpaired) electrons. The van der Waals surface area contributed by atoms with Crippen LogP contribution in [-0.2, 0) is 4.79 Å². The number of anilines is 1. The van der Waals surface area contributed by atoms with E-state index >= 15 is 0 Å². The van der Waals surface area contributed by atoms with Crippen molar-refractivity contribution in [3.63, 3.8) is 0 Å². The van der Waals surface area contributed by atoms with Gasteiger partial charge in [-0.05, 0) is 44.4 Å². The smallest absolute Gasteiger partial charge is 0.228 e. The van der Waals surface area contributed by atoms with Crippen molar-refractivity contribution in [2.45, 2.75) is 45.1 Å². The van der Waals surface area contributed by atoms with E-state index < -0.39 is 0 Å². The van der Waals surface area contributed by atoms with Gasteiger partial charge in [-0.3, -0.25) is 4.79 Å². The summed E-state index contributed by atoms with van der Waals surface area (Å²) >= 11 is 1.56. The summed E-state index contributed by atoms with van der Waals surface area (Å²) in [6, 6.07) is 10.4. The molecule has 2 aliphatic carbocycles. The van der Waals surface area contributed by atoms with Crippen LogP contribution in [0.3, 0.4) is 0 Å². The summed E-state index contributed by atoms with van der Waals surface area (Å²) < 4.78 is 0. The van der Waals surface area contributed by atoms with E-state index in [2.05, 4.69) is 10.3 Å². The van der Waals surface area contributed by atoms with Gasteiger partial charge in [0.05, 0.1) is 5.01 Å². The molecule has 2 atom stereocenters. The average molecular weight is 392 g/mol. The van der Waals surface area contributed by atoms with Crippen molar-refractivity contribution < 1.29 is 4.79 Å². The Morgan fingerprint density at radius 2 is 1.85 bits per heavy atom. The number of nitrogens with one attached hydrogen (secondary N) is 1. The van der Waals surface area contributed by atoms with Crippen molar-refractivity contribution in [2.75, 3.05) is 5.32 Å². The zero-order chi connectivity index (χ0) is 17.4. The first-order valence-electron chi connectivity index (χ1n) is 9.21. The maximum absolute atomic E-state index is 12.9. The van der Waals surface area contributed by atoms with Gasteiger partial charge in [-0.1, -0.05) is 36.8 Å². The Balaban J connectivity index is 0.00000196. The first-order chi connectivity index (χ1) is 12.1. The summed E-state index contributed by atoms with van der Waals surface area (Å²) in [5, 5.41) is 5.02. The van der Waals surface area contributed by atoms with E-state index in [1.54, 1.807) is 11.3 Å². The molecule has 2 unspecified atom stereocenters. The monoisotopic (exact) mass is 391 g/mol. The quantitative estimate of drug-likeness (QED) is 0.801. The Bertz CT molecular complexity index is 750. The van der Waals surface area contributed by atoms with Crippen LogP contribution in [0.2, 0.25) is 0 Å². The highest BCUT2D eigenvalue weighted by Crippen LogP contribution is 2.42. The number of rotatable bonds is 3. The second-order valence-corrected chi connectivity index (χ2v) is 8.67. The van der Waals surface area contributed by atoms with Gasteiger partial charge in [0.1, 0.15) is 10.7 Å². The Morgan fingerprint density at radius 3 is 2.50 bits per heavy atom. The van der Waals surface area contributed by atoms with E-state index in [1.807, 2.05) is 37.3 Å². The van der Waals surface area contributed by atoms with Crippen LogP contribution < -0.4 is 11.1 Å². The highest BCUT2D eigenvalue weighted by molar-refractivity contribution is 7.16. The lowest BCUT2D eigenvalue weighted by molar-refractivity contribution is -0.122. The molecular formula is C20H26ClN3OS. The average Bonchev–Trinajstić information content (AvgIpc) is 2.95. The molecule has 4 nitrogen and oxygen atoms in total. The van der Waals surface area contributed by atoms with Crippen LogP contribution in [0.15, 0.2) is 30.3 Å². The molecule has 2 fully saturated rings. The number of thiazole rings is 1. The first kappa shape index (κ1) is 19.3. The Hall–Kier alpha value is -1.43. The number of hydrogen-bond acceptors (Lipinski definition) is 4. The molecule has 2 bridgehead atoms. The molecule has 2 saturated carbocycles. The number of nitrogens with zero attached hydrogens (tertiary/aromatic N) is 1. The number of amides is 1. The summed E-state index contributed by atoms with van der Waals surface area (Å²) in [7, 11) is 0. The fourth-order valence-corrected chi connectivity index (χ4v) is 5.36. The van der Waals surface area contributed by atoms with Gasteiger partial charge in [0.15, 0.2) is 0 Å². The lowest BCUT2D eigenvalue weighted by Gasteiger charge is -2.43. The van der Waals surface area contributed by atoms with E-state index in [-0.39, 0.29) is 24.2 Å². The lowest BCUT2D eigenvalue weighted by Crippen LogP contribution is -2.48. The van der Waals surface area contributed by atoms with Crippen LogP contribution in [0.25, 0.3) is 11.3 Å². The molecule has 2 aliphatic rings. The molecule has 1 aromatic heterocycles. The molecule has 1 aromatic carbocycles. The first-order valence-corrected chi connectivity index (χ1v) is 10.0. The number of hydrogen-bond donors (Lipinski definition) is 2. The lowest BCUT2D eigenvalue weighted by atomic mass is 9.65. The molecule has 0 aliphatic heterocycles. The molecule has 6 heteroatoms. The highest BCUT2D eigenvalue weighted by atomic mass is 35.5. The SMILES string of the molecule is Cc1nc(-c2ccccc2)c(NC(=O)C2CC3CCCC(C2)C3N)s1.Cl. The molecular weight excluding hydrogens is 366 g/mol. The summed E-state index contributed by atoms with van der Waals surface area (Å²) in [4.78, 5) is 17.6. The summed E-state index contributed by atoms with van der Waals surface area (Å²) in [6.45, 7) is 1.98. The normalized spacial score (nSPS) is 27.5. The number of carbonyl (C=O) groups is 1. The molecule has 140 valence electrons. The van der Waals surface area contributed by atoms with Gasteiger partial charge in [-0.25, -0.2) is 4.98 Å². The van der Waals surface area contributed by atoms with Crippen molar-refractivity contribution >= 4 is 34.7 Å². The van der Waals surface area contributed by atoms with E-state index in [0.717, 1.165) is 34.1 Å². The fourth-order valence-electron chi connectivity index (χ4n) is 4.52. The van der Waals surface area contributed by atoms with Crippen LogP contribution >= 0.6 is 23.7 Å². The standard InChI is InChI=1S/C20H25N3OS.ClH/c1-12-22-18(13-6-3-2-4-7-13)20(25-12)23-19(24)16-10-14-8-5-9-15(11-16)17(14)21;/h2-4,6-7,14-17H,5,8-11,21H2,1H3,(H,23,24);1H. The zero-order valence-electron chi connectivity index (χ0n) is 15.0. The van der Waals surface area contributed by atoms with Crippen LogP contribution in [0.4, 0.5) is 5.00 Å². The van der Waals surface area contributed by atoms with Crippen LogP contribution in [-0.4, -0.2) is 16.9 Å². The second-order valence-electron chi connectivity index (χ2n) is 7.46. The summed E-state index contributed by atoms with van der Waals surface area (Å²) in [5.41, 5.74) is 8.29. The van der Waals surface area contributed by atoms with Crippen LogP contribution in [0, 0.1) is 24.7 Å². The number of nitrogens with two attached hydrogens (primary N) is 1. The minimum Gasteiger partial charge on any atom is -0.327 e. The number of fused-ring (bicyclic) bond motifs is 2. The van der Waals surface area contributed by atoms with Crippen LogP contribution in [0.5, 0.6) is 0 Å². The molecule has 1 amide bonds. The third-order valence-corrected chi connectivity index (χ3v) is 6.69. The van der Waals surface area contributed by atoms with Crippen molar-refractivity contribution in [1.29, 1.82) is 0 Å². The maximum Gasteiger partial charge on any atom is 0.228 e. The predicted octanol–water partition coefficient (Wildman–Crippen LogP) is 4.63. The number of benzene rings is 1. The number of carbonyl (C=O) groups excluding carboxylic acids is 1. The van der Waals surface area contributed by atoms with Crippen molar-refractivity contribution in [2.24, 2.45) is 23.5 Å². The van der Waals surface area contributed by atoms with Gasteiger partial charge in [0, 0.05) is 17.5 Å². The van der Waals surface area contributed by atoms with Gasteiger partial charge in [-0.2, -0.15) is 0 Å². The third kappa shape index (κ3) is 3.80. The second kappa shape index (κ2) is 8.07. The van der Waals surface area contributed by atoms with Crippen molar-refractivity contribution in [3.8, 4) is 11.3 Å². The van der Waals surface area contributed by atoms with Gasteiger partial charge < -0.3 is 11.1 Å².